The average Bonchev–Trinajstić information content (AvgIpc) is 2.89. The molecule has 0 fully saturated rings. The smallest absolute Gasteiger partial charge is 0.334 e. The normalized spacial score (nSPS) is 11.8. The summed E-state index contributed by atoms with van der Waals surface area (Å²) < 4.78 is 63.2. The Morgan fingerprint density at radius 1 is 0.769 bits per heavy atom. The van der Waals surface area contributed by atoms with Crippen LogP contribution in [0.25, 0.3) is 11.1 Å². The number of carbonyl (C=O) groups is 1. The number of benzene rings is 4. The van der Waals surface area contributed by atoms with Crippen molar-refractivity contribution in [1.29, 1.82) is 0 Å². The molecule has 0 spiro atoms. The van der Waals surface area contributed by atoms with Gasteiger partial charge in [0.2, 0.25) is 15.9 Å². The highest BCUT2D eigenvalue weighted by Crippen LogP contribution is 2.38. The molecule has 0 aromatic heterocycles. The fourth-order valence-electron chi connectivity index (χ4n) is 4.15. The summed E-state index contributed by atoms with van der Waals surface area (Å²) in [5.74, 6) is -0.322. The standard InChI is InChI=1S/C29H25F3N2O3S2/c30-29(31,32)38-26-12-6-4-10-24(26)18-28(35)34(19-21-8-2-1-3-9-21)20-22-14-16-23(17-15-22)25-11-5-7-13-27(25)39(33,36)37/h1-17H,18-20H2,(H2,33,36,37). The van der Waals surface area contributed by atoms with Gasteiger partial charge in [-0.15, -0.1) is 0 Å². The SMILES string of the molecule is NS(=O)(=O)c1ccccc1-c1ccc(CN(Cc2ccccc2)C(=O)Cc2ccccc2SC(F)(F)F)cc1. The van der Waals surface area contributed by atoms with Crippen LogP contribution in [0.5, 0.6) is 0 Å². The van der Waals surface area contributed by atoms with E-state index in [4.69, 9.17) is 5.14 Å². The fraction of sp³-hybridized carbons (Fsp3) is 0.138. The van der Waals surface area contributed by atoms with Crippen LogP contribution in [0.3, 0.4) is 0 Å². The van der Waals surface area contributed by atoms with Crippen molar-refractivity contribution in [2.45, 2.75) is 34.8 Å². The number of primary sulfonamides is 1. The molecule has 0 unspecified atom stereocenters. The van der Waals surface area contributed by atoms with Gasteiger partial charge in [0.25, 0.3) is 0 Å². The number of alkyl halides is 3. The molecule has 4 aromatic rings. The van der Waals surface area contributed by atoms with Crippen molar-refractivity contribution in [2.75, 3.05) is 0 Å². The van der Waals surface area contributed by atoms with Crippen LogP contribution < -0.4 is 5.14 Å². The lowest BCUT2D eigenvalue weighted by molar-refractivity contribution is -0.131. The molecule has 10 heteroatoms. The van der Waals surface area contributed by atoms with Crippen LogP contribution in [-0.4, -0.2) is 24.7 Å². The van der Waals surface area contributed by atoms with E-state index in [2.05, 4.69) is 0 Å². The van der Waals surface area contributed by atoms with Gasteiger partial charge in [-0.1, -0.05) is 91.0 Å². The van der Waals surface area contributed by atoms with E-state index in [9.17, 15) is 26.4 Å². The van der Waals surface area contributed by atoms with Gasteiger partial charge in [-0.05, 0) is 46.1 Å². The average molecular weight is 571 g/mol. The molecule has 0 radical (unpaired) electrons. The Morgan fingerprint density at radius 3 is 1.97 bits per heavy atom. The predicted octanol–water partition coefficient (Wildman–Crippen LogP) is 6.38. The summed E-state index contributed by atoms with van der Waals surface area (Å²) in [6.45, 7) is 0.476. The molecule has 0 bridgehead atoms. The molecule has 0 aliphatic carbocycles. The Hall–Kier alpha value is -3.60. The number of nitrogens with zero attached hydrogens (tertiary/aromatic N) is 1. The van der Waals surface area contributed by atoms with Gasteiger partial charge < -0.3 is 4.90 Å². The molecule has 0 atom stereocenters. The van der Waals surface area contributed by atoms with Gasteiger partial charge in [0, 0.05) is 23.5 Å². The number of carbonyl (C=O) groups excluding carboxylic acids is 1. The second-order valence-corrected chi connectivity index (χ2v) is 11.4. The number of sulfonamides is 1. The van der Waals surface area contributed by atoms with E-state index in [0.717, 1.165) is 11.1 Å². The van der Waals surface area contributed by atoms with Crippen molar-refractivity contribution >= 4 is 27.7 Å². The molecule has 2 N–H and O–H groups in total. The number of halogens is 3. The zero-order chi connectivity index (χ0) is 28.0. The van der Waals surface area contributed by atoms with Gasteiger partial charge in [-0.25, -0.2) is 13.6 Å². The predicted molar refractivity (Wildman–Crippen MR) is 146 cm³/mol. The largest absolute Gasteiger partial charge is 0.446 e. The molecule has 0 saturated carbocycles. The van der Waals surface area contributed by atoms with Gasteiger partial charge in [0.15, 0.2) is 0 Å². The number of hydrogen-bond acceptors (Lipinski definition) is 4. The van der Waals surface area contributed by atoms with E-state index in [1.165, 1.54) is 24.3 Å². The molecule has 0 saturated heterocycles. The van der Waals surface area contributed by atoms with E-state index in [0.29, 0.717) is 16.7 Å². The maximum Gasteiger partial charge on any atom is 0.446 e. The van der Waals surface area contributed by atoms with E-state index in [1.54, 1.807) is 53.4 Å². The van der Waals surface area contributed by atoms with Crippen molar-refractivity contribution < 1.29 is 26.4 Å². The minimum absolute atomic E-state index is 0.00381. The quantitative estimate of drug-likeness (QED) is 0.237. The van der Waals surface area contributed by atoms with Crippen molar-refractivity contribution in [3.05, 3.63) is 120 Å². The molecule has 1 amide bonds. The second-order valence-electron chi connectivity index (χ2n) is 8.81. The molecular weight excluding hydrogens is 545 g/mol. The van der Waals surface area contributed by atoms with Crippen molar-refractivity contribution in [3.8, 4) is 11.1 Å². The van der Waals surface area contributed by atoms with Crippen LogP contribution in [0.4, 0.5) is 13.2 Å². The first-order valence-electron chi connectivity index (χ1n) is 11.9. The summed E-state index contributed by atoms with van der Waals surface area (Å²) in [6.07, 6.45) is -0.189. The molecule has 0 aliphatic heterocycles. The van der Waals surface area contributed by atoms with Gasteiger partial charge >= 0.3 is 5.51 Å². The highest BCUT2D eigenvalue weighted by Gasteiger charge is 2.30. The highest BCUT2D eigenvalue weighted by molar-refractivity contribution is 8.00. The minimum atomic E-state index is -4.47. The van der Waals surface area contributed by atoms with Crippen LogP contribution >= 0.6 is 11.8 Å². The third-order valence-corrected chi connectivity index (χ3v) is 7.76. The molecular formula is C29H25F3N2O3S2. The lowest BCUT2D eigenvalue weighted by atomic mass is 10.0. The first-order chi connectivity index (χ1) is 18.5. The first kappa shape index (κ1) is 28.4. The molecule has 0 aliphatic rings. The van der Waals surface area contributed by atoms with E-state index in [-0.39, 0.29) is 47.0 Å². The topological polar surface area (TPSA) is 80.5 Å². The molecule has 4 rings (SSSR count). The Balaban J connectivity index is 1.59. The second kappa shape index (κ2) is 12.1. The number of hydrogen-bond donors (Lipinski definition) is 1. The van der Waals surface area contributed by atoms with Crippen LogP contribution in [0, 0.1) is 0 Å². The van der Waals surface area contributed by atoms with Crippen molar-refractivity contribution in [2.24, 2.45) is 5.14 Å². The highest BCUT2D eigenvalue weighted by atomic mass is 32.2. The number of nitrogens with two attached hydrogens (primary N) is 1. The Bertz CT molecular complexity index is 1540. The van der Waals surface area contributed by atoms with Crippen LogP contribution in [-0.2, 0) is 34.3 Å². The molecule has 0 heterocycles. The van der Waals surface area contributed by atoms with Crippen molar-refractivity contribution in [1.82, 2.24) is 4.90 Å². The van der Waals surface area contributed by atoms with Gasteiger partial charge in [-0.3, -0.25) is 4.79 Å². The Morgan fingerprint density at radius 2 is 1.33 bits per heavy atom. The first-order valence-corrected chi connectivity index (χ1v) is 14.2. The lowest BCUT2D eigenvalue weighted by Crippen LogP contribution is -2.31. The van der Waals surface area contributed by atoms with E-state index in [1.807, 2.05) is 30.3 Å². The molecule has 202 valence electrons. The summed E-state index contributed by atoms with van der Waals surface area (Å²) >= 11 is -0.231. The van der Waals surface area contributed by atoms with Crippen LogP contribution in [0.15, 0.2) is 113 Å². The summed E-state index contributed by atoms with van der Waals surface area (Å²) in [4.78, 5) is 15.0. The summed E-state index contributed by atoms with van der Waals surface area (Å²) in [5, 5.41) is 5.37. The zero-order valence-electron chi connectivity index (χ0n) is 20.6. The number of rotatable bonds is 9. The van der Waals surface area contributed by atoms with Gasteiger partial charge in [0.05, 0.1) is 11.3 Å². The van der Waals surface area contributed by atoms with E-state index >= 15 is 0 Å². The third-order valence-electron chi connectivity index (χ3n) is 5.94. The number of amides is 1. The molecule has 4 aromatic carbocycles. The Kier molecular flexibility index (Phi) is 8.79. The van der Waals surface area contributed by atoms with E-state index < -0.39 is 15.5 Å². The van der Waals surface area contributed by atoms with Crippen LogP contribution in [0.1, 0.15) is 16.7 Å². The zero-order valence-corrected chi connectivity index (χ0v) is 22.3. The molecule has 39 heavy (non-hydrogen) atoms. The van der Waals surface area contributed by atoms with Crippen molar-refractivity contribution in [3.63, 3.8) is 0 Å². The van der Waals surface area contributed by atoms with Crippen LogP contribution in [0.2, 0.25) is 0 Å². The van der Waals surface area contributed by atoms with Gasteiger partial charge in [0.1, 0.15) is 0 Å². The van der Waals surface area contributed by atoms with Gasteiger partial charge in [-0.2, -0.15) is 13.2 Å². The fourth-order valence-corrected chi connectivity index (χ4v) is 5.58. The maximum atomic E-state index is 13.4. The molecule has 5 nitrogen and oxygen atoms in total. The Labute approximate surface area is 229 Å². The minimum Gasteiger partial charge on any atom is -0.334 e. The lowest BCUT2D eigenvalue weighted by Gasteiger charge is -2.24. The maximum absolute atomic E-state index is 13.4. The summed E-state index contributed by atoms with van der Waals surface area (Å²) in [7, 11) is -3.93. The summed E-state index contributed by atoms with van der Waals surface area (Å²) in [6, 6.07) is 28.8. The third kappa shape index (κ3) is 7.95. The number of thioether (sulfide) groups is 1. The monoisotopic (exact) mass is 570 g/mol. The summed E-state index contributed by atoms with van der Waals surface area (Å²) in [5.41, 5.74) is -1.41.